The zero-order chi connectivity index (χ0) is 24.1. The van der Waals surface area contributed by atoms with Gasteiger partial charge in [-0.05, 0) is 49.2 Å². The number of fused-ring (bicyclic) bond motifs is 1. The summed E-state index contributed by atoms with van der Waals surface area (Å²) >= 11 is 0. The number of hydrogen-bond acceptors (Lipinski definition) is 5. The summed E-state index contributed by atoms with van der Waals surface area (Å²) in [5.74, 6) is 1.25. The highest BCUT2D eigenvalue weighted by molar-refractivity contribution is 5.79. The van der Waals surface area contributed by atoms with Gasteiger partial charge in [0.1, 0.15) is 49.1 Å². The Morgan fingerprint density at radius 1 is 0.971 bits per heavy atom. The molecule has 1 aromatic heterocycles. The van der Waals surface area contributed by atoms with Crippen LogP contribution in [-0.4, -0.2) is 31.4 Å². The van der Waals surface area contributed by atoms with Gasteiger partial charge in [0, 0.05) is 11.6 Å². The Hall–Kier alpha value is -3.61. The van der Waals surface area contributed by atoms with Gasteiger partial charge in [-0.2, -0.15) is 0 Å². The lowest BCUT2D eigenvalue weighted by Crippen LogP contribution is -3.09. The van der Waals surface area contributed by atoms with Crippen molar-refractivity contribution in [2.45, 2.75) is 26.5 Å². The minimum atomic E-state index is -0.625. The highest BCUT2D eigenvalue weighted by Gasteiger charge is 2.14. The maximum Gasteiger partial charge on any atom is 0.235 e. The van der Waals surface area contributed by atoms with E-state index >= 15 is 0 Å². The van der Waals surface area contributed by atoms with Crippen LogP contribution < -0.4 is 19.8 Å². The van der Waals surface area contributed by atoms with Crippen LogP contribution in [0, 0.1) is 13.8 Å². The summed E-state index contributed by atoms with van der Waals surface area (Å²) in [7, 11) is 2.04. The fourth-order valence-corrected chi connectivity index (χ4v) is 4.04. The smallest absolute Gasteiger partial charge is 0.235 e. The molecular formula is C28H30NO5+. The second-order valence-electron chi connectivity index (χ2n) is 8.80. The molecule has 4 aromatic rings. The summed E-state index contributed by atoms with van der Waals surface area (Å²) in [6, 6.07) is 21.0. The number of aliphatic hydroxyl groups is 1. The summed E-state index contributed by atoms with van der Waals surface area (Å²) < 4.78 is 17.2. The summed E-state index contributed by atoms with van der Waals surface area (Å²) in [4.78, 5) is 14.1. The molecule has 0 radical (unpaired) electrons. The molecule has 4 rings (SSSR count). The number of aryl methyl sites for hydroxylation is 2. The Balaban J connectivity index is 1.38. The van der Waals surface area contributed by atoms with Crippen LogP contribution in [-0.2, 0) is 6.54 Å². The number of likely N-dealkylation sites (N-methyl/N-ethyl adjacent to an activating group) is 1. The van der Waals surface area contributed by atoms with Gasteiger partial charge < -0.3 is 23.9 Å². The van der Waals surface area contributed by atoms with Gasteiger partial charge in [-0.15, -0.1) is 0 Å². The van der Waals surface area contributed by atoms with E-state index in [2.05, 4.69) is 12.1 Å². The Morgan fingerprint density at radius 2 is 1.71 bits per heavy atom. The average Bonchev–Trinajstić information content (AvgIpc) is 2.79. The third-order valence-corrected chi connectivity index (χ3v) is 5.51. The standard InChI is InChI=1S/C28H29NO5/c1-19-11-20(2)13-24(12-19)34-27-18-33-26-14-23(9-10-25(26)28(27)31)32-17-22(30)16-29(3)15-21-7-5-4-6-8-21/h4-14,18,22,30H,15-17H2,1-3H3/p+1/t22-/m1/s1. The lowest BCUT2D eigenvalue weighted by molar-refractivity contribution is -0.897. The Bertz CT molecular complexity index is 1300. The molecule has 0 amide bonds. The molecule has 0 fully saturated rings. The summed E-state index contributed by atoms with van der Waals surface area (Å²) in [6.07, 6.45) is 0.697. The second-order valence-corrected chi connectivity index (χ2v) is 8.80. The summed E-state index contributed by atoms with van der Waals surface area (Å²) in [5.41, 5.74) is 3.47. The number of aliphatic hydroxyl groups excluding tert-OH is 1. The first kappa shape index (κ1) is 23.5. The monoisotopic (exact) mass is 460 g/mol. The normalized spacial score (nSPS) is 12.9. The minimum Gasteiger partial charge on any atom is -0.491 e. The van der Waals surface area contributed by atoms with E-state index in [-0.39, 0.29) is 17.8 Å². The average molecular weight is 461 g/mol. The van der Waals surface area contributed by atoms with E-state index in [0.717, 1.165) is 17.7 Å². The largest absolute Gasteiger partial charge is 0.491 e. The molecule has 34 heavy (non-hydrogen) atoms. The molecule has 6 nitrogen and oxygen atoms in total. The highest BCUT2D eigenvalue weighted by atomic mass is 16.5. The van der Waals surface area contributed by atoms with Crippen molar-refractivity contribution in [2.24, 2.45) is 0 Å². The van der Waals surface area contributed by atoms with Gasteiger partial charge in [0.05, 0.1) is 12.4 Å². The number of quaternary nitrogens is 1. The molecule has 0 aliphatic carbocycles. The van der Waals surface area contributed by atoms with E-state index in [1.54, 1.807) is 18.2 Å². The molecule has 6 heteroatoms. The van der Waals surface area contributed by atoms with Gasteiger partial charge in [-0.3, -0.25) is 4.79 Å². The predicted molar refractivity (Wildman–Crippen MR) is 132 cm³/mol. The Morgan fingerprint density at radius 3 is 2.44 bits per heavy atom. The molecule has 1 heterocycles. The van der Waals surface area contributed by atoms with Crippen molar-refractivity contribution < 1.29 is 23.9 Å². The first-order valence-corrected chi connectivity index (χ1v) is 11.3. The molecular weight excluding hydrogens is 430 g/mol. The van der Waals surface area contributed by atoms with Crippen LogP contribution in [0.2, 0.25) is 0 Å². The van der Waals surface area contributed by atoms with Crippen LogP contribution in [0.1, 0.15) is 16.7 Å². The van der Waals surface area contributed by atoms with E-state index in [1.807, 2.05) is 57.3 Å². The number of rotatable bonds is 9. The first-order chi connectivity index (χ1) is 16.4. The van der Waals surface area contributed by atoms with Gasteiger partial charge in [0.2, 0.25) is 11.2 Å². The molecule has 2 atom stereocenters. The van der Waals surface area contributed by atoms with Gasteiger partial charge in [-0.25, -0.2) is 0 Å². The van der Waals surface area contributed by atoms with Crippen molar-refractivity contribution in [3.8, 4) is 17.2 Å². The van der Waals surface area contributed by atoms with Gasteiger partial charge in [-0.1, -0.05) is 36.4 Å². The number of ether oxygens (including phenoxy) is 2. The fourth-order valence-electron chi connectivity index (χ4n) is 4.04. The van der Waals surface area contributed by atoms with Gasteiger partial charge in [0.25, 0.3) is 0 Å². The molecule has 0 aliphatic heterocycles. The quantitative estimate of drug-likeness (QED) is 0.399. The molecule has 3 aromatic carbocycles. The lowest BCUT2D eigenvalue weighted by atomic mass is 10.1. The Labute approximate surface area is 199 Å². The van der Waals surface area contributed by atoms with E-state index < -0.39 is 6.10 Å². The highest BCUT2D eigenvalue weighted by Crippen LogP contribution is 2.25. The van der Waals surface area contributed by atoms with Crippen LogP contribution >= 0.6 is 0 Å². The predicted octanol–water partition coefficient (Wildman–Crippen LogP) is 3.66. The van der Waals surface area contributed by atoms with Crippen LogP contribution in [0.15, 0.2) is 82.2 Å². The Kier molecular flexibility index (Phi) is 7.30. The van der Waals surface area contributed by atoms with Crippen molar-refractivity contribution in [1.82, 2.24) is 0 Å². The van der Waals surface area contributed by atoms with Gasteiger partial charge in [0.15, 0.2) is 0 Å². The van der Waals surface area contributed by atoms with Crippen LogP contribution in [0.4, 0.5) is 0 Å². The molecule has 0 aliphatic rings. The minimum absolute atomic E-state index is 0.131. The van der Waals surface area contributed by atoms with E-state index in [4.69, 9.17) is 13.9 Å². The summed E-state index contributed by atoms with van der Waals surface area (Å²) in [6.45, 7) is 5.48. The molecule has 1 unspecified atom stereocenters. The zero-order valence-corrected chi connectivity index (χ0v) is 19.7. The van der Waals surface area contributed by atoms with Crippen molar-refractivity contribution in [2.75, 3.05) is 20.2 Å². The van der Waals surface area contributed by atoms with Crippen LogP contribution in [0.3, 0.4) is 0 Å². The SMILES string of the molecule is Cc1cc(C)cc(Oc2coc3cc(OC[C@H](O)C[NH+](C)Cc4ccccc4)ccc3c2=O)c1. The molecule has 0 bridgehead atoms. The third-order valence-electron chi connectivity index (χ3n) is 5.51. The first-order valence-electron chi connectivity index (χ1n) is 11.3. The molecule has 0 saturated carbocycles. The molecule has 2 N–H and O–H groups in total. The molecule has 0 saturated heterocycles. The van der Waals surface area contributed by atoms with Crippen molar-refractivity contribution in [1.29, 1.82) is 0 Å². The number of hydrogen-bond donors (Lipinski definition) is 2. The maximum atomic E-state index is 12.9. The molecule has 176 valence electrons. The number of nitrogens with one attached hydrogen (secondary N) is 1. The van der Waals surface area contributed by atoms with E-state index in [0.29, 0.717) is 29.0 Å². The van der Waals surface area contributed by atoms with Crippen LogP contribution in [0.5, 0.6) is 17.2 Å². The fraction of sp³-hybridized carbons (Fsp3) is 0.250. The zero-order valence-electron chi connectivity index (χ0n) is 19.7. The topological polar surface area (TPSA) is 73.3 Å². The summed E-state index contributed by atoms with van der Waals surface area (Å²) in [5, 5.41) is 10.8. The van der Waals surface area contributed by atoms with Crippen molar-refractivity contribution >= 4 is 11.0 Å². The van der Waals surface area contributed by atoms with Gasteiger partial charge >= 0.3 is 0 Å². The third kappa shape index (κ3) is 6.04. The van der Waals surface area contributed by atoms with Crippen LogP contribution in [0.25, 0.3) is 11.0 Å². The maximum absolute atomic E-state index is 12.9. The number of benzene rings is 3. The lowest BCUT2D eigenvalue weighted by Gasteiger charge is -2.18. The second kappa shape index (κ2) is 10.5. The molecule has 0 spiro atoms. The van der Waals surface area contributed by atoms with E-state index in [1.165, 1.54) is 16.7 Å². The van der Waals surface area contributed by atoms with Crippen molar-refractivity contribution in [3.63, 3.8) is 0 Å². The van der Waals surface area contributed by atoms with Crippen molar-refractivity contribution in [3.05, 3.63) is 99.9 Å². The van der Waals surface area contributed by atoms with E-state index in [9.17, 15) is 9.90 Å².